The Hall–Kier alpha value is -1.50. The predicted octanol–water partition coefficient (Wildman–Crippen LogP) is 5.36. The highest BCUT2D eigenvalue weighted by Gasteiger charge is 2.40. The number of unbranched alkanes of at least 4 members (excludes halogenated alkanes) is 1. The van der Waals surface area contributed by atoms with Gasteiger partial charge in [0.2, 0.25) is 0 Å². The highest BCUT2D eigenvalue weighted by atomic mass is 15.2. The second-order valence-corrected chi connectivity index (χ2v) is 6.06. The lowest BCUT2D eigenvalue weighted by molar-refractivity contribution is 0.373. The van der Waals surface area contributed by atoms with E-state index in [1.165, 1.54) is 29.8 Å². The Morgan fingerprint density at radius 3 is 2.80 bits per heavy atom. The summed E-state index contributed by atoms with van der Waals surface area (Å²) < 4.78 is 0. The number of allylic oxidation sites excluding steroid dienone is 8. The van der Waals surface area contributed by atoms with Crippen molar-refractivity contribution in [1.82, 2.24) is 4.90 Å². The zero-order valence-electron chi connectivity index (χ0n) is 13.3. The summed E-state index contributed by atoms with van der Waals surface area (Å²) >= 11 is 0. The fourth-order valence-corrected chi connectivity index (χ4v) is 3.12. The van der Waals surface area contributed by atoms with Crippen LogP contribution < -0.4 is 0 Å². The van der Waals surface area contributed by atoms with E-state index in [0.717, 1.165) is 13.0 Å². The van der Waals surface area contributed by atoms with Gasteiger partial charge >= 0.3 is 0 Å². The van der Waals surface area contributed by atoms with Crippen molar-refractivity contribution < 1.29 is 0 Å². The summed E-state index contributed by atoms with van der Waals surface area (Å²) in [6.45, 7) is 10.2. The van der Waals surface area contributed by atoms with Crippen LogP contribution in [-0.2, 0) is 0 Å². The summed E-state index contributed by atoms with van der Waals surface area (Å²) in [4.78, 5) is 2.55. The molecule has 0 amide bonds. The molecule has 0 unspecified atom stereocenters. The van der Waals surface area contributed by atoms with Gasteiger partial charge in [-0.05, 0) is 25.0 Å². The second-order valence-electron chi connectivity index (χ2n) is 6.06. The average molecular weight is 269 g/mol. The lowest BCUT2D eigenvalue weighted by atomic mass is 9.82. The zero-order chi connectivity index (χ0) is 14.6. The molecule has 0 saturated heterocycles. The third-order valence-electron chi connectivity index (χ3n) is 4.24. The molecule has 0 atom stereocenters. The van der Waals surface area contributed by atoms with Gasteiger partial charge in [-0.1, -0.05) is 63.6 Å². The normalized spacial score (nSPS) is 23.0. The predicted molar refractivity (Wildman–Crippen MR) is 88.2 cm³/mol. The van der Waals surface area contributed by atoms with Gasteiger partial charge in [-0.3, -0.25) is 0 Å². The van der Waals surface area contributed by atoms with Gasteiger partial charge < -0.3 is 4.90 Å². The lowest BCUT2D eigenvalue weighted by Gasteiger charge is -2.29. The van der Waals surface area contributed by atoms with Crippen molar-refractivity contribution in [2.45, 2.75) is 47.0 Å². The van der Waals surface area contributed by atoms with Crippen LogP contribution in [0.5, 0.6) is 0 Å². The maximum atomic E-state index is 2.55. The molecule has 2 rings (SSSR count). The third kappa shape index (κ3) is 2.67. The van der Waals surface area contributed by atoms with Crippen molar-refractivity contribution >= 4 is 0 Å². The van der Waals surface area contributed by atoms with Gasteiger partial charge in [-0.15, -0.1) is 0 Å². The van der Waals surface area contributed by atoms with Crippen LogP contribution in [0, 0.1) is 5.41 Å². The molecule has 0 fully saturated rings. The highest BCUT2D eigenvalue weighted by molar-refractivity contribution is 5.49. The summed E-state index contributed by atoms with van der Waals surface area (Å²) in [7, 11) is 0. The van der Waals surface area contributed by atoms with Crippen molar-refractivity contribution in [3.63, 3.8) is 0 Å². The largest absolute Gasteiger partial charge is 0.347 e. The van der Waals surface area contributed by atoms with Gasteiger partial charge in [-0.2, -0.15) is 0 Å². The summed E-state index contributed by atoms with van der Waals surface area (Å²) in [6, 6.07) is 0. The summed E-state index contributed by atoms with van der Waals surface area (Å²) in [5, 5.41) is 0. The van der Waals surface area contributed by atoms with Crippen LogP contribution in [0.1, 0.15) is 47.0 Å². The van der Waals surface area contributed by atoms with E-state index in [2.05, 4.69) is 75.1 Å². The quantitative estimate of drug-likeness (QED) is 0.664. The molecule has 0 bridgehead atoms. The number of rotatable bonds is 4. The zero-order valence-corrected chi connectivity index (χ0v) is 13.3. The molecule has 1 aliphatic heterocycles. The van der Waals surface area contributed by atoms with Crippen LogP contribution in [-0.4, -0.2) is 11.4 Å². The SMILES string of the molecule is C/C=C/C=C1/N(CCCC)C2=C(C=CC=CC2)C1(C)C. The van der Waals surface area contributed by atoms with Crippen LogP contribution in [0.25, 0.3) is 0 Å². The van der Waals surface area contributed by atoms with E-state index in [4.69, 9.17) is 0 Å². The van der Waals surface area contributed by atoms with E-state index in [-0.39, 0.29) is 5.41 Å². The lowest BCUT2D eigenvalue weighted by Crippen LogP contribution is -2.24. The number of nitrogens with zero attached hydrogens (tertiary/aromatic N) is 1. The van der Waals surface area contributed by atoms with Crippen LogP contribution in [0.2, 0.25) is 0 Å². The molecule has 0 aromatic heterocycles. The molecule has 1 aliphatic carbocycles. The Kier molecular flexibility index (Phi) is 4.69. The molecular formula is C19H27N. The Labute approximate surface area is 124 Å². The molecule has 1 heteroatoms. The van der Waals surface area contributed by atoms with E-state index in [1.54, 1.807) is 0 Å². The Bertz CT molecular complexity index is 498. The van der Waals surface area contributed by atoms with Crippen molar-refractivity contribution in [3.8, 4) is 0 Å². The van der Waals surface area contributed by atoms with E-state index < -0.39 is 0 Å². The third-order valence-corrected chi connectivity index (χ3v) is 4.24. The fourth-order valence-electron chi connectivity index (χ4n) is 3.12. The Balaban J connectivity index is 2.44. The van der Waals surface area contributed by atoms with E-state index in [1.807, 2.05) is 0 Å². The van der Waals surface area contributed by atoms with E-state index in [9.17, 15) is 0 Å². The van der Waals surface area contributed by atoms with Crippen molar-refractivity contribution in [1.29, 1.82) is 0 Å². The van der Waals surface area contributed by atoms with Crippen molar-refractivity contribution in [2.24, 2.45) is 5.41 Å². The molecular weight excluding hydrogens is 242 g/mol. The standard InChI is InChI=1S/C19H27N/c1-5-7-14-18-19(3,4)16-12-10-9-11-13-17(16)20(18)15-8-6-2/h5,7,9-12,14H,6,8,13,15H2,1-4H3/b7-5+,18-14+. The van der Waals surface area contributed by atoms with Crippen LogP contribution in [0.3, 0.4) is 0 Å². The highest BCUT2D eigenvalue weighted by Crippen LogP contribution is 2.49. The van der Waals surface area contributed by atoms with Crippen LogP contribution >= 0.6 is 0 Å². The molecule has 2 aliphatic rings. The minimum atomic E-state index is 0.102. The molecule has 108 valence electrons. The smallest absolute Gasteiger partial charge is 0.0316 e. The molecule has 0 aromatic rings. The van der Waals surface area contributed by atoms with E-state index >= 15 is 0 Å². The van der Waals surface area contributed by atoms with E-state index in [0.29, 0.717) is 0 Å². The maximum absolute atomic E-state index is 2.55. The molecule has 0 saturated carbocycles. The first-order valence-corrected chi connectivity index (χ1v) is 7.80. The second kappa shape index (κ2) is 6.30. The van der Waals surface area contributed by atoms with Gasteiger partial charge in [0.1, 0.15) is 0 Å². The number of hydrogen-bond acceptors (Lipinski definition) is 1. The molecule has 1 heterocycles. The van der Waals surface area contributed by atoms with Gasteiger partial charge in [0.05, 0.1) is 0 Å². The van der Waals surface area contributed by atoms with Crippen LogP contribution in [0.15, 0.2) is 59.5 Å². The van der Waals surface area contributed by atoms with Gasteiger partial charge in [0.25, 0.3) is 0 Å². The van der Waals surface area contributed by atoms with Crippen molar-refractivity contribution in [3.05, 3.63) is 59.5 Å². The average Bonchev–Trinajstić information content (AvgIpc) is 2.62. The van der Waals surface area contributed by atoms with Crippen LogP contribution in [0.4, 0.5) is 0 Å². The Morgan fingerprint density at radius 1 is 1.30 bits per heavy atom. The van der Waals surface area contributed by atoms with Gasteiger partial charge in [0.15, 0.2) is 0 Å². The molecule has 0 N–H and O–H groups in total. The maximum Gasteiger partial charge on any atom is 0.0316 e. The first-order valence-electron chi connectivity index (χ1n) is 7.80. The summed E-state index contributed by atoms with van der Waals surface area (Å²) in [5.41, 5.74) is 4.51. The summed E-state index contributed by atoms with van der Waals surface area (Å²) in [5.74, 6) is 0. The number of hydrogen-bond donors (Lipinski definition) is 0. The Morgan fingerprint density at radius 2 is 2.10 bits per heavy atom. The topological polar surface area (TPSA) is 3.24 Å². The van der Waals surface area contributed by atoms with Gasteiger partial charge in [-0.25, -0.2) is 0 Å². The summed E-state index contributed by atoms with van der Waals surface area (Å²) in [6.07, 6.45) is 19.0. The van der Waals surface area contributed by atoms with Crippen molar-refractivity contribution in [2.75, 3.05) is 6.54 Å². The fraction of sp³-hybridized carbons (Fsp3) is 0.474. The molecule has 0 radical (unpaired) electrons. The monoisotopic (exact) mass is 269 g/mol. The minimum absolute atomic E-state index is 0.102. The first-order chi connectivity index (χ1) is 9.62. The minimum Gasteiger partial charge on any atom is -0.347 e. The first kappa shape index (κ1) is 14.9. The van der Waals surface area contributed by atoms with Gasteiger partial charge in [0, 0.05) is 29.8 Å². The molecule has 0 aromatic carbocycles. The molecule has 20 heavy (non-hydrogen) atoms. The molecule has 1 nitrogen and oxygen atoms in total. The molecule has 0 spiro atoms.